The molecule has 0 spiro atoms. The van der Waals surface area contributed by atoms with Crippen molar-refractivity contribution in [1.82, 2.24) is 9.55 Å². The number of aryl methyl sites for hydroxylation is 1. The summed E-state index contributed by atoms with van der Waals surface area (Å²) in [4.78, 5) is 4.94. The first-order valence-electron chi connectivity index (χ1n) is 8.46. The minimum atomic E-state index is -1.20. The Labute approximate surface area is 151 Å². The molecule has 2 rings (SSSR count). The van der Waals surface area contributed by atoms with Crippen LogP contribution in [0.5, 0.6) is 17.2 Å². The Kier molecular flexibility index (Phi) is 5.68. The maximum Gasteiger partial charge on any atom is 0.206 e. The molecule has 140 valence electrons. The second-order valence-electron chi connectivity index (χ2n) is 7.38. The van der Waals surface area contributed by atoms with Crippen molar-refractivity contribution in [2.45, 2.75) is 45.9 Å². The molecule has 0 bridgehead atoms. The summed E-state index contributed by atoms with van der Waals surface area (Å²) in [5, 5.41) is 0. The van der Waals surface area contributed by atoms with Gasteiger partial charge in [0.05, 0.1) is 33.5 Å². The van der Waals surface area contributed by atoms with Crippen molar-refractivity contribution >= 4 is 20.1 Å². The van der Waals surface area contributed by atoms with Gasteiger partial charge in [-0.05, 0) is 13.1 Å². The molecule has 0 amide bonds. The topological polar surface area (TPSA) is 54.7 Å². The van der Waals surface area contributed by atoms with Crippen LogP contribution in [-0.4, -0.2) is 39.9 Å². The Hall–Kier alpha value is -1.73. The normalized spacial score (nSPS) is 12.1. The molecule has 0 unspecified atom stereocenters. The highest BCUT2D eigenvalue weighted by molar-refractivity contribution is 6.48. The molecule has 0 atom stereocenters. The van der Waals surface area contributed by atoms with Crippen LogP contribution < -0.4 is 14.2 Å². The van der Waals surface area contributed by atoms with E-state index in [1.54, 1.807) is 21.3 Å². The highest BCUT2D eigenvalue weighted by Crippen LogP contribution is 2.47. The first-order chi connectivity index (χ1) is 11.7. The minimum absolute atomic E-state index is 0.107. The van der Waals surface area contributed by atoms with Crippen LogP contribution in [0, 0.1) is 0 Å². The number of ether oxygens (including phenoxy) is 3. The second kappa shape index (κ2) is 7.25. The Morgan fingerprint density at radius 3 is 1.96 bits per heavy atom. The molecule has 7 heteroatoms. The van der Waals surface area contributed by atoms with E-state index < -0.39 is 9.04 Å². The number of hydrogen-bond acceptors (Lipinski definition) is 5. The summed E-state index contributed by atoms with van der Waals surface area (Å²) >= 11 is 0. The number of benzene rings is 1. The lowest BCUT2D eigenvalue weighted by Gasteiger charge is -2.19. The molecule has 0 saturated carbocycles. The molecule has 1 aromatic heterocycles. The molecule has 25 heavy (non-hydrogen) atoms. The average Bonchev–Trinajstić information content (AvgIpc) is 2.88. The lowest BCUT2D eigenvalue weighted by atomic mass is 9.96. The fourth-order valence-electron chi connectivity index (χ4n) is 3.07. The zero-order chi connectivity index (χ0) is 18.9. The molecule has 0 fully saturated rings. The molecule has 2 aromatic rings. The number of hydrogen-bond donors (Lipinski definition) is 0. The van der Waals surface area contributed by atoms with Crippen molar-refractivity contribution in [3.05, 3.63) is 11.4 Å². The smallest absolute Gasteiger partial charge is 0.206 e. The van der Waals surface area contributed by atoms with Crippen LogP contribution >= 0.6 is 0 Å². The number of methoxy groups -OCH3 is 3. The zero-order valence-corrected chi connectivity index (χ0v) is 18.0. The van der Waals surface area contributed by atoms with E-state index in [1.807, 2.05) is 7.05 Å². The molecule has 0 aliphatic carbocycles. The van der Waals surface area contributed by atoms with Crippen molar-refractivity contribution in [3.63, 3.8) is 0 Å². The van der Waals surface area contributed by atoms with Crippen LogP contribution in [0.1, 0.15) is 32.2 Å². The molecular formula is C18H30N2O4Si. The molecular weight excluding hydrogens is 336 g/mol. The van der Waals surface area contributed by atoms with Crippen LogP contribution in [-0.2, 0) is 23.5 Å². The van der Waals surface area contributed by atoms with E-state index in [1.165, 1.54) is 0 Å². The number of aromatic nitrogens is 2. The van der Waals surface area contributed by atoms with E-state index in [0.29, 0.717) is 23.9 Å². The van der Waals surface area contributed by atoms with Crippen molar-refractivity contribution in [2.75, 3.05) is 21.3 Å². The summed E-state index contributed by atoms with van der Waals surface area (Å²) in [6, 6.07) is 0. The summed E-state index contributed by atoms with van der Waals surface area (Å²) in [6.07, 6.45) is 0. The van der Waals surface area contributed by atoms with E-state index >= 15 is 0 Å². The summed E-state index contributed by atoms with van der Waals surface area (Å²) in [5.74, 6) is 2.80. The van der Waals surface area contributed by atoms with Gasteiger partial charge in [-0.15, -0.1) is 0 Å². The van der Waals surface area contributed by atoms with Crippen molar-refractivity contribution < 1.29 is 18.6 Å². The molecule has 1 aromatic carbocycles. The fourth-order valence-corrected chi connectivity index (χ4v) is 3.57. The van der Waals surface area contributed by atoms with E-state index in [4.69, 9.17) is 23.6 Å². The number of rotatable bonds is 6. The SMILES string of the molecule is COc1c(OC)c(OC)c2c(nc(C(C)(C)C)n2C)c1CO[SiH](C)C. The minimum Gasteiger partial charge on any atom is -0.492 e. The Morgan fingerprint density at radius 1 is 0.960 bits per heavy atom. The summed E-state index contributed by atoms with van der Waals surface area (Å²) < 4.78 is 25.1. The standard InChI is InChI=1S/C18H30N2O4Si/c1-18(2,3)17-19-12-11(10-24-25(8)9)14(21-5)16(23-7)15(22-6)13(12)20(17)4/h25H,10H2,1-9H3. The first kappa shape index (κ1) is 19.6. The van der Waals surface area contributed by atoms with Crippen LogP contribution in [0.4, 0.5) is 0 Å². The van der Waals surface area contributed by atoms with Crippen LogP contribution in [0.15, 0.2) is 0 Å². The van der Waals surface area contributed by atoms with E-state index in [2.05, 4.69) is 38.4 Å². The average molecular weight is 367 g/mol. The van der Waals surface area contributed by atoms with E-state index in [0.717, 1.165) is 22.4 Å². The van der Waals surface area contributed by atoms with Gasteiger partial charge in [0.2, 0.25) is 5.75 Å². The molecule has 0 N–H and O–H groups in total. The number of nitrogens with zero attached hydrogens (tertiary/aromatic N) is 2. The molecule has 0 aliphatic heterocycles. The van der Waals surface area contributed by atoms with Crippen LogP contribution in [0.2, 0.25) is 13.1 Å². The van der Waals surface area contributed by atoms with Gasteiger partial charge in [0, 0.05) is 12.5 Å². The lowest BCUT2D eigenvalue weighted by Crippen LogP contribution is -2.17. The van der Waals surface area contributed by atoms with Crippen LogP contribution in [0.3, 0.4) is 0 Å². The highest BCUT2D eigenvalue weighted by atomic mass is 28.3. The van der Waals surface area contributed by atoms with Gasteiger partial charge in [-0.2, -0.15) is 0 Å². The second-order valence-corrected chi connectivity index (χ2v) is 9.81. The van der Waals surface area contributed by atoms with Crippen molar-refractivity contribution in [3.8, 4) is 17.2 Å². The number of imidazole rings is 1. The third kappa shape index (κ3) is 3.48. The van der Waals surface area contributed by atoms with Crippen molar-refractivity contribution in [1.29, 1.82) is 0 Å². The third-order valence-corrected chi connectivity index (χ3v) is 4.96. The van der Waals surface area contributed by atoms with Crippen molar-refractivity contribution in [2.24, 2.45) is 7.05 Å². The maximum absolute atomic E-state index is 6.00. The third-order valence-electron chi connectivity index (χ3n) is 4.13. The molecule has 1 heterocycles. The molecule has 0 aliphatic rings. The predicted octanol–water partition coefficient (Wildman–Crippen LogP) is 3.40. The zero-order valence-electron chi connectivity index (χ0n) is 16.8. The number of fused-ring (bicyclic) bond motifs is 1. The van der Waals surface area contributed by atoms with Gasteiger partial charge in [-0.3, -0.25) is 0 Å². The summed E-state index contributed by atoms with van der Waals surface area (Å²) in [7, 11) is 5.70. The summed E-state index contributed by atoms with van der Waals surface area (Å²) in [5.41, 5.74) is 2.54. The summed E-state index contributed by atoms with van der Waals surface area (Å²) in [6.45, 7) is 11.2. The monoisotopic (exact) mass is 366 g/mol. The largest absolute Gasteiger partial charge is 0.492 e. The lowest BCUT2D eigenvalue weighted by molar-refractivity contribution is 0.293. The van der Waals surface area contributed by atoms with E-state index in [-0.39, 0.29) is 5.41 Å². The van der Waals surface area contributed by atoms with Crippen LogP contribution in [0.25, 0.3) is 11.0 Å². The molecule has 6 nitrogen and oxygen atoms in total. The molecule has 0 saturated heterocycles. The quantitative estimate of drug-likeness (QED) is 0.734. The van der Waals surface area contributed by atoms with E-state index in [9.17, 15) is 0 Å². The molecule has 0 radical (unpaired) electrons. The van der Waals surface area contributed by atoms with Gasteiger partial charge in [-0.25, -0.2) is 4.98 Å². The Balaban J connectivity index is 2.91. The Bertz CT molecular complexity index is 763. The predicted molar refractivity (Wildman–Crippen MR) is 103 cm³/mol. The van der Waals surface area contributed by atoms with Gasteiger partial charge in [0.15, 0.2) is 20.5 Å². The maximum atomic E-state index is 6.00. The first-order valence-corrected chi connectivity index (χ1v) is 11.2. The highest BCUT2D eigenvalue weighted by Gasteiger charge is 2.30. The van der Waals surface area contributed by atoms with Gasteiger partial charge >= 0.3 is 0 Å². The van der Waals surface area contributed by atoms with Gasteiger partial charge < -0.3 is 23.2 Å². The van der Waals surface area contributed by atoms with Gasteiger partial charge in [0.25, 0.3) is 0 Å². The van der Waals surface area contributed by atoms with Gasteiger partial charge in [-0.1, -0.05) is 20.8 Å². The fraction of sp³-hybridized carbons (Fsp3) is 0.611. The van der Waals surface area contributed by atoms with Gasteiger partial charge in [0.1, 0.15) is 16.9 Å². The Morgan fingerprint density at radius 2 is 1.52 bits per heavy atom.